The number of benzene rings is 1. The lowest BCUT2D eigenvalue weighted by Crippen LogP contribution is -2.35. The molecule has 0 bridgehead atoms. The standard InChI is InChI=1S/C16H22Cl2FN/c1-3-11-4-6-12(7-5-11)20-10(2)15-13(17)8-9-14(19)16(15)18/h8-12,20H,3-7H2,1-2H3. The van der Waals surface area contributed by atoms with E-state index in [0.717, 1.165) is 5.92 Å². The van der Waals surface area contributed by atoms with Crippen LogP contribution in [0.4, 0.5) is 4.39 Å². The first-order valence-electron chi connectivity index (χ1n) is 7.42. The van der Waals surface area contributed by atoms with Gasteiger partial charge in [0.15, 0.2) is 0 Å². The second-order valence-electron chi connectivity index (χ2n) is 5.77. The van der Waals surface area contributed by atoms with Crippen molar-refractivity contribution < 1.29 is 4.39 Å². The maximum absolute atomic E-state index is 13.6. The van der Waals surface area contributed by atoms with Gasteiger partial charge in [-0.3, -0.25) is 0 Å². The summed E-state index contributed by atoms with van der Waals surface area (Å²) < 4.78 is 13.6. The van der Waals surface area contributed by atoms with E-state index in [4.69, 9.17) is 23.2 Å². The lowest BCUT2D eigenvalue weighted by atomic mass is 9.84. The molecule has 0 aromatic heterocycles. The topological polar surface area (TPSA) is 12.0 Å². The molecule has 20 heavy (non-hydrogen) atoms. The molecule has 1 aromatic carbocycles. The summed E-state index contributed by atoms with van der Waals surface area (Å²) in [7, 11) is 0. The monoisotopic (exact) mass is 317 g/mol. The average Bonchev–Trinajstić information content (AvgIpc) is 2.44. The summed E-state index contributed by atoms with van der Waals surface area (Å²) in [5, 5.41) is 4.22. The smallest absolute Gasteiger partial charge is 0.142 e. The molecule has 2 rings (SSSR count). The zero-order chi connectivity index (χ0) is 14.7. The van der Waals surface area contributed by atoms with Crippen LogP contribution in [0.3, 0.4) is 0 Å². The van der Waals surface area contributed by atoms with Crippen LogP contribution >= 0.6 is 23.2 Å². The number of rotatable bonds is 4. The van der Waals surface area contributed by atoms with Crippen LogP contribution in [-0.2, 0) is 0 Å². The van der Waals surface area contributed by atoms with Crippen LogP contribution < -0.4 is 5.32 Å². The van der Waals surface area contributed by atoms with E-state index in [1.54, 1.807) is 6.07 Å². The minimum atomic E-state index is -0.408. The van der Waals surface area contributed by atoms with E-state index in [-0.39, 0.29) is 11.1 Å². The Morgan fingerprint density at radius 1 is 1.25 bits per heavy atom. The van der Waals surface area contributed by atoms with E-state index in [2.05, 4.69) is 12.2 Å². The van der Waals surface area contributed by atoms with Crippen LogP contribution in [0.1, 0.15) is 57.6 Å². The van der Waals surface area contributed by atoms with Crippen molar-refractivity contribution in [2.24, 2.45) is 5.92 Å². The Hall–Kier alpha value is -0.310. The third kappa shape index (κ3) is 3.66. The van der Waals surface area contributed by atoms with E-state index in [0.29, 0.717) is 16.6 Å². The predicted molar refractivity (Wildman–Crippen MR) is 84.0 cm³/mol. The lowest BCUT2D eigenvalue weighted by Gasteiger charge is -2.31. The van der Waals surface area contributed by atoms with Crippen molar-refractivity contribution in [2.75, 3.05) is 0 Å². The van der Waals surface area contributed by atoms with Gasteiger partial charge < -0.3 is 5.32 Å². The van der Waals surface area contributed by atoms with Crippen LogP contribution in [-0.4, -0.2) is 6.04 Å². The van der Waals surface area contributed by atoms with Crippen LogP contribution in [0.5, 0.6) is 0 Å². The molecule has 1 saturated carbocycles. The molecule has 1 aromatic rings. The third-order valence-corrected chi connectivity index (χ3v) is 5.14. The first-order valence-corrected chi connectivity index (χ1v) is 8.18. The Morgan fingerprint density at radius 3 is 2.50 bits per heavy atom. The van der Waals surface area contributed by atoms with E-state index in [9.17, 15) is 4.39 Å². The van der Waals surface area contributed by atoms with Gasteiger partial charge >= 0.3 is 0 Å². The van der Waals surface area contributed by atoms with Gasteiger partial charge in [-0.15, -0.1) is 0 Å². The Morgan fingerprint density at radius 2 is 1.90 bits per heavy atom. The largest absolute Gasteiger partial charge is 0.307 e. The zero-order valence-corrected chi connectivity index (χ0v) is 13.6. The highest BCUT2D eigenvalue weighted by Crippen LogP contribution is 2.34. The van der Waals surface area contributed by atoms with Crippen molar-refractivity contribution in [3.05, 3.63) is 33.6 Å². The molecule has 0 aliphatic heterocycles. The highest BCUT2D eigenvalue weighted by atomic mass is 35.5. The van der Waals surface area contributed by atoms with Gasteiger partial charge in [0.1, 0.15) is 5.82 Å². The molecule has 1 N–H and O–H groups in total. The number of nitrogens with one attached hydrogen (secondary N) is 1. The van der Waals surface area contributed by atoms with E-state index in [1.807, 2.05) is 6.92 Å². The molecule has 0 saturated heterocycles. The minimum Gasteiger partial charge on any atom is -0.307 e. The fourth-order valence-corrected chi connectivity index (χ4v) is 3.81. The first-order chi connectivity index (χ1) is 9.52. The lowest BCUT2D eigenvalue weighted by molar-refractivity contribution is 0.273. The molecule has 0 heterocycles. The van der Waals surface area contributed by atoms with Gasteiger partial charge in [-0.25, -0.2) is 4.39 Å². The third-order valence-electron chi connectivity index (χ3n) is 4.42. The van der Waals surface area contributed by atoms with Gasteiger partial charge in [-0.2, -0.15) is 0 Å². The first kappa shape index (κ1) is 16.1. The molecule has 0 spiro atoms. The predicted octanol–water partition coefficient (Wildman–Crippen LogP) is 5.75. The molecule has 1 atom stereocenters. The quantitative estimate of drug-likeness (QED) is 0.697. The van der Waals surface area contributed by atoms with Crippen LogP contribution in [0.25, 0.3) is 0 Å². The van der Waals surface area contributed by atoms with Crippen molar-refractivity contribution >= 4 is 23.2 Å². The van der Waals surface area contributed by atoms with Crippen molar-refractivity contribution in [3.63, 3.8) is 0 Å². The van der Waals surface area contributed by atoms with Crippen molar-refractivity contribution in [2.45, 2.75) is 58.0 Å². The van der Waals surface area contributed by atoms with Crippen molar-refractivity contribution in [1.29, 1.82) is 0 Å². The number of hydrogen-bond donors (Lipinski definition) is 1. The number of hydrogen-bond acceptors (Lipinski definition) is 1. The zero-order valence-electron chi connectivity index (χ0n) is 12.1. The Balaban J connectivity index is 2.02. The van der Waals surface area contributed by atoms with Crippen molar-refractivity contribution in [3.8, 4) is 0 Å². The maximum Gasteiger partial charge on any atom is 0.142 e. The summed E-state index contributed by atoms with van der Waals surface area (Å²) in [5.41, 5.74) is 0.672. The highest BCUT2D eigenvalue weighted by Gasteiger charge is 2.23. The van der Waals surface area contributed by atoms with Crippen LogP contribution in [0.15, 0.2) is 12.1 Å². The molecular formula is C16H22Cl2FN. The van der Waals surface area contributed by atoms with Crippen LogP contribution in [0.2, 0.25) is 10.0 Å². The Kier molecular flexibility index (Phi) is 5.71. The van der Waals surface area contributed by atoms with Gasteiger partial charge in [0, 0.05) is 22.7 Å². The fraction of sp³-hybridized carbons (Fsp3) is 0.625. The van der Waals surface area contributed by atoms with E-state index < -0.39 is 5.82 Å². The summed E-state index contributed by atoms with van der Waals surface area (Å²) in [4.78, 5) is 0. The summed E-state index contributed by atoms with van der Waals surface area (Å²) in [6.45, 7) is 4.26. The van der Waals surface area contributed by atoms with Gasteiger partial charge in [-0.1, -0.05) is 36.5 Å². The number of halogens is 3. The molecule has 0 radical (unpaired) electrons. The molecule has 112 valence electrons. The van der Waals surface area contributed by atoms with Crippen molar-refractivity contribution in [1.82, 2.24) is 5.32 Å². The SMILES string of the molecule is CCC1CCC(NC(C)c2c(Cl)ccc(F)c2Cl)CC1. The molecule has 4 heteroatoms. The molecule has 1 unspecified atom stereocenters. The van der Waals surface area contributed by atoms with Gasteiger partial charge in [0.2, 0.25) is 0 Å². The normalized spacial score (nSPS) is 24.6. The highest BCUT2D eigenvalue weighted by molar-refractivity contribution is 6.36. The van der Waals surface area contributed by atoms with E-state index in [1.165, 1.54) is 38.2 Å². The second-order valence-corrected chi connectivity index (χ2v) is 6.56. The van der Waals surface area contributed by atoms with Gasteiger partial charge in [0.25, 0.3) is 0 Å². The molecular weight excluding hydrogens is 296 g/mol. The second kappa shape index (κ2) is 7.11. The maximum atomic E-state index is 13.6. The molecule has 1 aliphatic carbocycles. The molecule has 0 amide bonds. The average molecular weight is 318 g/mol. The summed E-state index contributed by atoms with van der Waals surface area (Å²) in [5.74, 6) is 0.458. The van der Waals surface area contributed by atoms with Crippen LogP contribution in [0, 0.1) is 11.7 Å². The Labute approximate surface area is 130 Å². The van der Waals surface area contributed by atoms with Gasteiger partial charge in [0.05, 0.1) is 5.02 Å². The summed E-state index contributed by atoms with van der Waals surface area (Å²) in [6.07, 6.45) is 6.15. The summed E-state index contributed by atoms with van der Waals surface area (Å²) in [6, 6.07) is 3.33. The van der Waals surface area contributed by atoms with E-state index >= 15 is 0 Å². The van der Waals surface area contributed by atoms with Gasteiger partial charge in [-0.05, 0) is 50.7 Å². The molecule has 1 nitrogen and oxygen atoms in total. The molecule has 1 fully saturated rings. The summed E-state index contributed by atoms with van der Waals surface area (Å²) >= 11 is 12.2. The molecule has 1 aliphatic rings. The fourth-order valence-electron chi connectivity index (χ4n) is 3.11. The minimum absolute atomic E-state index is 0.0334. The Bertz CT molecular complexity index is 456.